The number of halogens is 2. The number of nitrogens with zero attached hydrogens (tertiary/aromatic N) is 4. The molecule has 1 unspecified atom stereocenters. The second-order valence-corrected chi connectivity index (χ2v) is 12.4. The Hall–Kier alpha value is -5.96. The molecule has 0 saturated carbocycles. The number of nitrogens with one attached hydrogen (secondary N) is 3. The Balaban J connectivity index is 1.23. The highest BCUT2D eigenvalue weighted by Crippen LogP contribution is 2.30. The molecule has 1 saturated heterocycles. The minimum Gasteiger partial charge on any atom is -0.454 e. The van der Waals surface area contributed by atoms with Crippen molar-refractivity contribution >= 4 is 46.8 Å². The van der Waals surface area contributed by atoms with Gasteiger partial charge in [0.05, 0.1) is 16.9 Å². The van der Waals surface area contributed by atoms with Gasteiger partial charge in [0.25, 0.3) is 5.91 Å². The topological polar surface area (TPSA) is 166 Å². The minimum atomic E-state index is -1.32. The number of rotatable bonds is 11. The van der Waals surface area contributed by atoms with Crippen molar-refractivity contribution in [1.29, 1.82) is 0 Å². The van der Waals surface area contributed by atoms with Gasteiger partial charge in [-0.25, -0.2) is 28.4 Å². The molecule has 3 heterocycles. The summed E-state index contributed by atoms with van der Waals surface area (Å²) in [6.07, 6.45) is 2.80. The molecule has 0 spiro atoms. The fraction of sp³-hybridized carbons (Fsp3) is 0.257. The lowest BCUT2D eigenvalue weighted by Crippen LogP contribution is -2.61. The SMILES string of the molecule is CC(C)N1CC(C(=O)Nc2ccc(Oc3ccnc(Nc4ccc(C(=O)NCC(C)(C)O)cn4)c3)c(F)c2)C(=O)N(c2ccc(F)cc2)C1=O. The summed E-state index contributed by atoms with van der Waals surface area (Å²) in [4.78, 5) is 62.7. The van der Waals surface area contributed by atoms with E-state index in [0.717, 1.165) is 23.1 Å². The van der Waals surface area contributed by atoms with Crippen LogP contribution in [0.1, 0.15) is 38.1 Å². The van der Waals surface area contributed by atoms with Crippen LogP contribution in [-0.2, 0) is 9.59 Å². The van der Waals surface area contributed by atoms with Gasteiger partial charge in [0.2, 0.25) is 11.8 Å². The molecule has 0 radical (unpaired) electrons. The molecule has 0 bridgehead atoms. The van der Waals surface area contributed by atoms with E-state index in [1.165, 1.54) is 53.7 Å². The van der Waals surface area contributed by atoms with Gasteiger partial charge in [-0.05, 0) is 82.3 Å². The standard InChI is InChI=1S/C35H35F2N7O6/c1-20(2)43-18-26(33(47)44(34(43)48)24-9-6-22(36)7-10-24)32(46)41-23-8-11-28(27(37)15-23)50-25-13-14-38-30(16-25)42-29-12-5-21(17-39-29)31(45)40-19-35(3,4)49/h5-17,20,26,49H,18-19H2,1-4H3,(H,40,45)(H,41,46)(H,38,39,42). The average molecular weight is 688 g/mol. The quantitative estimate of drug-likeness (QED) is 0.155. The van der Waals surface area contributed by atoms with Crippen LogP contribution in [0.5, 0.6) is 11.5 Å². The van der Waals surface area contributed by atoms with Crippen LogP contribution in [0.3, 0.4) is 0 Å². The molecule has 1 aliphatic rings. The maximum absolute atomic E-state index is 15.2. The first-order valence-electron chi connectivity index (χ1n) is 15.6. The molecule has 15 heteroatoms. The van der Waals surface area contributed by atoms with Crippen LogP contribution >= 0.6 is 0 Å². The van der Waals surface area contributed by atoms with E-state index in [-0.39, 0.29) is 42.0 Å². The van der Waals surface area contributed by atoms with Gasteiger partial charge in [-0.15, -0.1) is 0 Å². The molecule has 260 valence electrons. The Labute approximate surface area is 286 Å². The number of imide groups is 1. The zero-order valence-electron chi connectivity index (χ0n) is 27.6. The summed E-state index contributed by atoms with van der Waals surface area (Å²) in [7, 11) is 0. The molecule has 4 N–H and O–H groups in total. The number of aromatic nitrogens is 2. The number of aliphatic hydroxyl groups is 1. The van der Waals surface area contributed by atoms with Crippen LogP contribution in [0.2, 0.25) is 0 Å². The van der Waals surface area contributed by atoms with Gasteiger partial charge in [-0.3, -0.25) is 14.4 Å². The molecule has 5 rings (SSSR count). The first-order valence-corrected chi connectivity index (χ1v) is 15.6. The first kappa shape index (κ1) is 35.3. The molecule has 13 nitrogen and oxygen atoms in total. The Morgan fingerprint density at radius 1 is 1.00 bits per heavy atom. The minimum absolute atomic E-state index is 0.0503. The fourth-order valence-corrected chi connectivity index (χ4v) is 4.88. The highest BCUT2D eigenvalue weighted by atomic mass is 19.1. The maximum atomic E-state index is 15.2. The van der Waals surface area contributed by atoms with Crippen molar-refractivity contribution in [2.24, 2.45) is 5.92 Å². The zero-order valence-corrected chi connectivity index (χ0v) is 27.6. The molecule has 1 atom stereocenters. The number of urea groups is 1. The van der Waals surface area contributed by atoms with E-state index in [4.69, 9.17) is 4.74 Å². The Kier molecular flexibility index (Phi) is 10.4. The summed E-state index contributed by atoms with van der Waals surface area (Å²) in [6.45, 7) is 6.50. The van der Waals surface area contributed by atoms with Crippen molar-refractivity contribution in [2.45, 2.75) is 39.3 Å². The number of hydrogen-bond donors (Lipinski definition) is 4. The van der Waals surface area contributed by atoms with Crippen LogP contribution in [0.25, 0.3) is 0 Å². The second kappa shape index (κ2) is 14.7. The summed E-state index contributed by atoms with van der Waals surface area (Å²) in [5.41, 5.74) is -0.597. The van der Waals surface area contributed by atoms with Crippen LogP contribution < -0.4 is 25.6 Å². The molecule has 4 aromatic rings. The summed E-state index contributed by atoms with van der Waals surface area (Å²) in [6, 6.07) is 13.6. The maximum Gasteiger partial charge on any atom is 0.331 e. The van der Waals surface area contributed by atoms with E-state index < -0.39 is 46.9 Å². The third kappa shape index (κ3) is 8.54. The van der Waals surface area contributed by atoms with Crippen molar-refractivity contribution in [3.63, 3.8) is 0 Å². The van der Waals surface area contributed by atoms with Gasteiger partial charge < -0.3 is 30.7 Å². The number of anilines is 4. The normalized spacial score (nSPS) is 14.8. The number of pyridine rings is 2. The Morgan fingerprint density at radius 2 is 1.74 bits per heavy atom. The third-order valence-electron chi connectivity index (χ3n) is 7.48. The summed E-state index contributed by atoms with van der Waals surface area (Å²) < 4.78 is 34.4. The van der Waals surface area contributed by atoms with Crippen molar-refractivity contribution < 1.29 is 37.8 Å². The lowest BCUT2D eigenvalue weighted by molar-refractivity contribution is -0.132. The smallest absolute Gasteiger partial charge is 0.331 e. The van der Waals surface area contributed by atoms with E-state index in [2.05, 4.69) is 25.9 Å². The second-order valence-electron chi connectivity index (χ2n) is 12.4. The highest BCUT2D eigenvalue weighted by Gasteiger charge is 2.44. The van der Waals surface area contributed by atoms with Gasteiger partial charge >= 0.3 is 6.03 Å². The van der Waals surface area contributed by atoms with Gasteiger partial charge in [0.15, 0.2) is 11.6 Å². The van der Waals surface area contributed by atoms with Gasteiger partial charge in [-0.1, -0.05) is 0 Å². The highest BCUT2D eigenvalue weighted by molar-refractivity contribution is 6.23. The zero-order chi connectivity index (χ0) is 36.2. The molecular formula is C35H35F2N7O6. The molecule has 1 fully saturated rings. The lowest BCUT2D eigenvalue weighted by atomic mass is 10.0. The van der Waals surface area contributed by atoms with Crippen LogP contribution in [0, 0.1) is 17.6 Å². The molecule has 50 heavy (non-hydrogen) atoms. The number of amides is 5. The number of carbonyl (C=O) groups excluding carboxylic acids is 4. The Morgan fingerprint density at radius 3 is 2.38 bits per heavy atom. The third-order valence-corrected chi connectivity index (χ3v) is 7.48. The molecule has 2 aromatic heterocycles. The van der Waals surface area contributed by atoms with E-state index in [1.54, 1.807) is 39.8 Å². The molecule has 2 aromatic carbocycles. The van der Waals surface area contributed by atoms with E-state index in [1.807, 2.05) is 0 Å². The molecule has 5 amide bonds. The predicted molar refractivity (Wildman–Crippen MR) is 180 cm³/mol. The Bertz CT molecular complexity index is 1900. The first-order chi connectivity index (χ1) is 23.7. The van der Waals surface area contributed by atoms with E-state index in [0.29, 0.717) is 17.2 Å². The largest absolute Gasteiger partial charge is 0.454 e. The lowest BCUT2D eigenvalue weighted by Gasteiger charge is -2.39. The van der Waals surface area contributed by atoms with E-state index in [9.17, 15) is 28.7 Å². The van der Waals surface area contributed by atoms with Crippen LogP contribution in [0.15, 0.2) is 79.1 Å². The number of ether oxygens (including phenoxy) is 1. The van der Waals surface area contributed by atoms with Gasteiger partial charge in [-0.2, -0.15) is 0 Å². The number of hydrogen-bond acceptors (Lipinski definition) is 9. The van der Waals surface area contributed by atoms with Gasteiger partial charge in [0.1, 0.15) is 29.1 Å². The number of carbonyl (C=O) groups is 4. The van der Waals surface area contributed by atoms with Crippen molar-refractivity contribution in [1.82, 2.24) is 20.2 Å². The summed E-state index contributed by atoms with van der Waals surface area (Å²) in [5, 5.41) is 17.9. The molecule has 0 aliphatic carbocycles. The molecule has 1 aliphatic heterocycles. The van der Waals surface area contributed by atoms with Gasteiger partial charge in [0, 0.05) is 49.3 Å². The fourth-order valence-electron chi connectivity index (χ4n) is 4.88. The summed E-state index contributed by atoms with van der Waals surface area (Å²) in [5.74, 6) is -3.86. The average Bonchev–Trinajstić information content (AvgIpc) is 3.06. The van der Waals surface area contributed by atoms with Crippen LogP contribution in [-0.4, -0.2) is 68.5 Å². The van der Waals surface area contributed by atoms with E-state index >= 15 is 4.39 Å². The van der Waals surface area contributed by atoms with Crippen molar-refractivity contribution in [3.05, 3.63) is 96.3 Å². The monoisotopic (exact) mass is 687 g/mol. The summed E-state index contributed by atoms with van der Waals surface area (Å²) >= 11 is 0. The van der Waals surface area contributed by atoms with Crippen molar-refractivity contribution in [2.75, 3.05) is 28.6 Å². The van der Waals surface area contributed by atoms with Crippen molar-refractivity contribution in [3.8, 4) is 11.5 Å². The number of benzene rings is 2. The molecular weight excluding hydrogens is 652 g/mol. The predicted octanol–water partition coefficient (Wildman–Crippen LogP) is 5.22. The van der Waals surface area contributed by atoms with Crippen LogP contribution in [0.4, 0.5) is 36.6 Å².